The van der Waals surface area contributed by atoms with Gasteiger partial charge in [0.25, 0.3) is 0 Å². The van der Waals surface area contributed by atoms with Crippen LogP contribution in [0.1, 0.15) is 57.4 Å². The van der Waals surface area contributed by atoms with Crippen molar-refractivity contribution in [3.8, 4) is 17.2 Å². The molecule has 0 fully saturated rings. The Bertz CT molecular complexity index is 960. The summed E-state index contributed by atoms with van der Waals surface area (Å²) in [4.78, 5) is 48.3. The molecule has 0 saturated heterocycles. The number of phenolic OH excluding ortho intramolecular Hbond substituents is 2. The Kier molecular flexibility index (Phi) is 6.15. The van der Waals surface area contributed by atoms with Crippen molar-refractivity contribution >= 4 is 23.5 Å². The Labute approximate surface area is 160 Å². The summed E-state index contributed by atoms with van der Waals surface area (Å²) in [5.41, 5.74) is -1.07. The number of benzene rings is 2. The summed E-state index contributed by atoms with van der Waals surface area (Å²) >= 11 is 0. The van der Waals surface area contributed by atoms with Gasteiger partial charge in [0.2, 0.25) is 5.75 Å². The Morgan fingerprint density at radius 2 is 1.39 bits per heavy atom. The first-order valence-electron chi connectivity index (χ1n) is 8.18. The quantitative estimate of drug-likeness (QED) is 0.336. The molecular formula is C20H18O8. The lowest BCUT2D eigenvalue weighted by Crippen LogP contribution is -2.18. The van der Waals surface area contributed by atoms with Gasteiger partial charge < -0.3 is 19.7 Å². The molecule has 2 aromatic carbocycles. The van der Waals surface area contributed by atoms with Gasteiger partial charge in [-0.3, -0.25) is 14.4 Å². The van der Waals surface area contributed by atoms with Crippen LogP contribution in [0.5, 0.6) is 17.2 Å². The first kappa shape index (κ1) is 20.6. The summed E-state index contributed by atoms with van der Waals surface area (Å²) in [5.74, 6) is -6.27. The van der Waals surface area contributed by atoms with Gasteiger partial charge in [-0.15, -0.1) is 0 Å². The van der Waals surface area contributed by atoms with E-state index in [-0.39, 0.29) is 6.61 Å². The van der Waals surface area contributed by atoms with Gasteiger partial charge in [0, 0.05) is 6.92 Å². The second-order valence-corrected chi connectivity index (χ2v) is 5.92. The molecule has 0 bridgehead atoms. The molecule has 0 aromatic heterocycles. The number of esters is 2. The minimum absolute atomic E-state index is 0.168. The van der Waals surface area contributed by atoms with Crippen LogP contribution in [-0.4, -0.2) is 33.7 Å². The molecule has 2 N–H and O–H groups in total. The van der Waals surface area contributed by atoms with Crippen LogP contribution in [0.15, 0.2) is 30.3 Å². The molecule has 0 spiro atoms. The standard InChI is InChI=1S/C20H18O8/c1-10(21)14-16(20(26)27-9-13-7-5-4-6-8-13)15(11(2)22)19(28-12(3)23)18(25)17(14)24/h4-8,24-25H,9H2,1-3H3. The van der Waals surface area contributed by atoms with Crippen LogP contribution < -0.4 is 4.74 Å². The van der Waals surface area contributed by atoms with Gasteiger partial charge in [-0.2, -0.15) is 0 Å². The highest BCUT2D eigenvalue weighted by molar-refractivity contribution is 6.16. The Hall–Kier alpha value is -3.68. The number of aromatic hydroxyl groups is 2. The highest BCUT2D eigenvalue weighted by Crippen LogP contribution is 2.45. The number of phenols is 2. The van der Waals surface area contributed by atoms with Crippen molar-refractivity contribution < 1.29 is 38.9 Å². The molecule has 0 aliphatic rings. The van der Waals surface area contributed by atoms with E-state index in [0.29, 0.717) is 5.56 Å². The van der Waals surface area contributed by atoms with Gasteiger partial charge in [-0.05, 0) is 19.4 Å². The van der Waals surface area contributed by atoms with E-state index in [1.807, 2.05) is 0 Å². The molecule has 0 saturated carbocycles. The topological polar surface area (TPSA) is 127 Å². The van der Waals surface area contributed by atoms with Gasteiger partial charge in [0.1, 0.15) is 6.61 Å². The molecule has 0 heterocycles. The molecule has 0 aliphatic carbocycles. The molecule has 0 atom stereocenters. The largest absolute Gasteiger partial charge is 0.504 e. The van der Waals surface area contributed by atoms with Crippen molar-refractivity contribution in [1.82, 2.24) is 0 Å². The third kappa shape index (κ3) is 4.17. The van der Waals surface area contributed by atoms with E-state index in [0.717, 1.165) is 20.8 Å². The number of Topliss-reactive ketones (excluding diaryl/α,β-unsaturated/α-hetero) is 2. The fourth-order valence-electron chi connectivity index (χ4n) is 2.62. The van der Waals surface area contributed by atoms with Crippen LogP contribution in [-0.2, 0) is 16.1 Å². The van der Waals surface area contributed by atoms with Crippen molar-refractivity contribution in [2.45, 2.75) is 27.4 Å². The van der Waals surface area contributed by atoms with E-state index < -0.39 is 57.4 Å². The second-order valence-electron chi connectivity index (χ2n) is 5.92. The molecular weight excluding hydrogens is 368 g/mol. The van der Waals surface area contributed by atoms with Gasteiger partial charge >= 0.3 is 11.9 Å². The van der Waals surface area contributed by atoms with Gasteiger partial charge in [0.15, 0.2) is 23.1 Å². The zero-order valence-electron chi connectivity index (χ0n) is 15.4. The second kappa shape index (κ2) is 8.34. The normalized spacial score (nSPS) is 10.2. The van der Waals surface area contributed by atoms with E-state index in [4.69, 9.17) is 9.47 Å². The maximum atomic E-state index is 12.7. The first-order valence-corrected chi connectivity index (χ1v) is 8.18. The molecule has 146 valence electrons. The molecule has 0 amide bonds. The third-order valence-electron chi connectivity index (χ3n) is 3.77. The highest BCUT2D eigenvalue weighted by Gasteiger charge is 2.34. The number of ether oxygens (including phenoxy) is 2. The van der Waals surface area contributed by atoms with E-state index in [1.165, 1.54) is 0 Å². The fraction of sp³-hybridized carbons (Fsp3) is 0.200. The SMILES string of the molecule is CC(=O)Oc1c(O)c(O)c(C(C)=O)c(C(=O)OCc2ccccc2)c1C(C)=O. The summed E-state index contributed by atoms with van der Waals surface area (Å²) in [6.07, 6.45) is 0. The summed E-state index contributed by atoms with van der Waals surface area (Å²) in [7, 11) is 0. The Morgan fingerprint density at radius 3 is 1.89 bits per heavy atom. The zero-order valence-corrected chi connectivity index (χ0v) is 15.4. The Balaban J connectivity index is 2.66. The Morgan fingerprint density at radius 1 is 0.821 bits per heavy atom. The predicted molar refractivity (Wildman–Crippen MR) is 96.7 cm³/mol. The van der Waals surface area contributed by atoms with E-state index in [9.17, 15) is 29.4 Å². The van der Waals surface area contributed by atoms with Crippen LogP contribution in [0.25, 0.3) is 0 Å². The lowest BCUT2D eigenvalue weighted by atomic mass is 9.93. The molecule has 0 radical (unpaired) electrons. The van der Waals surface area contributed by atoms with Crippen LogP contribution in [0, 0.1) is 0 Å². The molecule has 8 heteroatoms. The smallest absolute Gasteiger partial charge is 0.340 e. The predicted octanol–water partition coefficient (Wildman–Crippen LogP) is 2.79. The van der Waals surface area contributed by atoms with Crippen LogP contribution >= 0.6 is 0 Å². The minimum atomic E-state index is -1.09. The number of hydrogen-bond donors (Lipinski definition) is 2. The number of hydrogen-bond acceptors (Lipinski definition) is 8. The molecule has 2 rings (SSSR count). The monoisotopic (exact) mass is 386 g/mol. The van der Waals surface area contributed by atoms with Crippen molar-refractivity contribution in [2.75, 3.05) is 0 Å². The summed E-state index contributed by atoms with van der Waals surface area (Å²) in [6, 6.07) is 8.64. The maximum absolute atomic E-state index is 12.7. The summed E-state index contributed by atoms with van der Waals surface area (Å²) in [6.45, 7) is 2.93. The van der Waals surface area contributed by atoms with E-state index >= 15 is 0 Å². The van der Waals surface area contributed by atoms with Gasteiger partial charge in [-0.25, -0.2) is 4.79 Å². The van der Waals surface area contributed by atoms with Crippen LogP contribution in [0.2, 0.25) is 0 Å². The van der Waals surface area contributed by atoms with Gasteiger partial charge in [0.05, 0.1) is 16.7 Å². The molecule has 2 aromatic rings. The average molecular weight is 386 g/mol. The number of ketones is 2. The molecule has 28 heavy (non-hydrogen) atoms. The lowest BCUT2D eigenvalue weighted by molar-refractivity contribution is -0.132. The van der Waals surface area contributed by atoms with Crippen molar-refractivity contribution in [3.63, 3.8) is 0 Å². The van der Waals surface area contributed by atoms with Crippen molar-refractivity contribution in [3.05, 3.63) is 52.6 Å². The zero-order chi connectivity index (χ0) is 21.0. The van der Waals surface area contributed by atoms with Crippen LogP contribution in [0.3, 0.4) is 0 Å². The highest BCUT2D eigenvalue weighted by atomic mass is 16.5. The molecule has 8 nitrogen and oxygen atoms in total. The number of carbonyl (C=O) groups excluding carboxylic acids is 4. The minimum Gasteiger partial charge on any atom is -0.504 e. The summed E-state index contributed by atoms with van der Waals surface area (Å²) in [5, 5.41) is 20.3. The van der Waals surface area contributed by atoms with Gasteiger partial charge in [-0.1, -0.05) is 30.3 Å². The maximum Gasteiger partial charge on any atom is 0.340 e. The lowest BCUT2D eigenvalue weighted by Gasteiger charge is -2.18. The molecule has 0 unspecified atom stereocenters. The number of rotatable bonds is 6. The average Bonchev–Trinajstić information content (AvgIpc) is 2.63. The first-order chi connectivity index (χ1) is 13.1. The van der Waals surface area contributed by atoms with E-state index in [1.54, 1.807) is 30.3 Å². The van der Waals surface area contributed by atoms with E-state index in [2.05, 4.69) is 0 Å². The third-order valence-corrected chi connectivity index (χ3v) is 3.77. The molecule has 0 aliphatic heterocycles. The van der Waals surface area contributed by atoms with Crippen molar-refractivity contribution in [2.24, 2.45) is 0 Å². The number of carbonyl (C=O) groups is 4. The van der Waals surface area contributed by atoms with Crippen molar-refractivity contribution in [1.29, 1.82) is 0 Å². The summed E-state index contributed by atoms with van der Waals surface area (Å²) < 4.78 is 9.99. The van der Waals surface area contributed by atoms with Crippen LogP contribution in [0.4, 0.5) is 0 Å². The fourth-order valence-corrected chi connectivity index (χ4v) is 2.62.